The van der Waals surface area contributed by atoms with Crippen molar-refractivity contribution in [2.24, 2.45) is 5.92 Å². The molecule has 1 saturated heterocycles. The van der Waals surface area contributed by atoms with Crippen molar-refractivity contribution in [1.82, 2.24) is 9.47 Å². The molecular formula is C17H20N2. The molecule has 98 valence electrons. The molecule has 19 heavy (non-hydrogen) atoms. The van der Waals surface area contributed by atoms with Gasteiger partial charge in [-0.25, -0.2) is 0 Å². The Balaban J connectivity index is 1.83. The van der Waals surface area contributed by atoms with E-state index < -0.39 is 0 Å². The maximum atomic E-state index is 2.77. The second-order valence-electron chi connectivity index (χ2n) is 6.45. The smallest absolute Gasteiger partial charge is 0.0532 e. The van der Waals surface area contributed by atoms with Gasteiger partial charge in [-0.2, -0.15) is 0 Å². The Morgan fingerprint density at radius 2 is 1.95 bits per heavy atom. The van der Waals surface area contributed by atoms with E-state index >= 15 is 0 Å². The van der Waals surface area contributed by atoms with Gasteiger partial charge >= 0.3 is 0 Å². The second-order valence-corrected chi connectivity index (χ2v) is 6.45. The van der Waals surface area contributed by atoms with Crippen LogP contribution in [0, 0.1) is 5.92 Å². The van der Waals surface area contributed by atoms with Crippen LogP contribution in [0.5, 0.6) is 0 Å². The normalized spacial score (nSPS) is 29.5. The summed E-state index contributed by atoms with van der Waals surface area (Å²) >= 11 is 0. The predicted octanol–water partition coefficient (Wildman–Crippen LogP) is 3.35. The molecule has 0 bridgehead atoms. The highest BCUT2D eigenvalue weighted by Crippen LogP contribution is 2.48. The third-order valence-corrected chi connectivity index (χ3v) is 5.63. The number of para-hydroxylation sites is 1. The molecule has 0 unspecified atom stereocenters. The molecule has 2 aromatic rings. The van der Waals surface area contributed by atoms with Crippen LogP contribution in [0.4, 0.5) is 0 Å². The Morgan fingerprint density at radius 3 is 2.95 bits per heavy atom. The summed E-state index contributed by atoms with van der Waals surface area (Å²) < 4.78 is 2.64. The lowest BCUT2D eigenvalue weighted by molar-refractivity contribution is 0.0577. The van der Waals surface area contributed by atoms with Gasteiger partial charge in [0.1, 0.15) is 0 Å². The van der Waals surface area contributed by atoms with Gasteiger partial charge < -0.3 is 4.57 Å². The highest BCUT2D eigenvalue weighted by atomic mass is 15.2. The largest absolute Gasteiger partial charge is 0.343 e. The van der Waals surface area contributed by atoms with Gasteiger partial charge in [0.05, 0.1) is 6.04 Å². The van der Waals surface area contributed by atoms with Crippen LogP contribution < -0.4 is 0 Å². The molecule has 0 spiro atoms. The average Bonchev–Trinajstić information content (AvgIpc) is 2.81. The zero-order valence-electron chi connectivity index (χ0n) is 11.3. The summed E-state index contributed by atoms with van der Waals surface area (Å²) in [6, 6.07) is 9.79. The number of aromatic nitrogens is 1. The van der Waals surface area contributed by atoms with Crippen molar-refractivity contribution in [1.29, 1.82) is 0 Å². The molecule has 2 nitrogen and oxygen atoms in total. The van der Waals surface area contributed by atoms with Crippen molar-refractivity contribution >= 4 is 10.9 Å². The van der Waals surface area contributed by atoms with E-state index in [-0.39, 0.29) is 0 Å². The molecule has 4 heterocycles. The molecule has 0 radical (unpaired) electrons. The molecule has 0 N–H and O–H groups in total. The van der Waals surface area contributed by atoms with Gasteiger partial charge in [-0.15, -0.1) is 0 Å². The summed E-state index contributed by atoms with van der Waals surface area (Å²) in [5, 5.41) is 1.53. The summed E-state index contributed by atoms with van der Waals surface area (Å²) in [7, 11) is 0. The third-order valence-electron chi connectivity index (χ3n) is 5.63. The van der Waals surface area contributed by atoms with Crippen LogP contribution in [0.1, 0.15) is 36.6 Å². The maximum Gasteiger partial charge on any atom is 0.0532 e. The van der Waals surface area contributed by atoms with Crippen LogP contribution >= 0.6 is 0 Å². The van der Waals surface area contributed by atoms with Gasteiger partial charge in [0, 0.05) is 29.7 Å². The molecule has 1 aromatic heterocycles. The topological polar surface area (TPSA) is 8.17 Å². The van der Waals surface area contributed by atoms with Gasteiger partial charge in [-0.3, -0.25) is 4.90 Å². The van der Waals surface area contributed by atoms with Crippen molar-refractivity contribution in [3.8, 4) is 0 Å². The lowest BCUT2D eigenvalue weighted by Gasteiger charge is -2.47. The van der Waals surface area contributed by atoms with Gasteiger partial charge in [-0.05, 0) is 49.8 Å². The van der Waals surface area contributed by atoms with Crippen LogP contribution in [0.15, 0.2) is 24.3 Å². The number of aryl methyl sites for hydroxylation is 1. The fourth-order valence-electron chi connectivity index (χ4n) is 4.89. The molecule has 0 amide bonds. The van der Waals surface area contributed by atoms with Crippen molar-refractivity contribution in [2.75, 3.05) is 13.1 Å². The zero-order valence-corrected chi connectivity index (χ0v) is 11.3. The second kappa shape index (κ2) is 3.63. The first-order valence-corrected chi connectivity index (χ1v) is 7.77. The monoisotopic (exact) mass is 252 g/mol. The van der Waals surface area contributed by atoms with E-state index in [4.69, 9.17) is 0 Å². The van der Waals surface area contributed by atoms with E-state index in [1.54, 1.807) is 11.3 Å². The fraction of sp³-hybridized carbons (Fsp3) is 0.529. The number of nitrogens with zero attached hydrogens (tertiary/aromatic N) is 2. The Bertz CT molecular complexity index is 602. The minimum Gasteiger partial charge on any atom is -0.343 e. The zero-order chi connectivity index (χ0) is 12.4. The Labute approximate surface area is 114 Å². The summed E-state index contributed by atoms with van der Waals surface area (Å²) in [6.45, 7) is 3.84. The summed E-state index contributed by atoms with van der Waals surface area (Å²) in [6.07, 6.45) is 5.50. The van der Waals surface area contributed by atoms with Crippen molar-refractivity contribution < 1.29 is 0 Å². The molecule has 3 aliphatic rings. The highest BCUT2D eigenvalue weighted by molar-refractivity contribution is 5.86. The number of hydrogen-bond donors (Lipinski definition) is 0. The minimum atomic E-state index is 0.735. The average molecular weight is 252 g/mol. The molecular weight excluding hydrogens is 232 g/mol. The first-order chi connectivity index (χ1) is 9.43. The molecule has 0 saturated carbocycles. The number of hydrogen-bond acceptors (Lipinski definition) is 1. The third kappa shape index (κ3) is 1.26. The first kappa shape index (κ1) is 10.5. The van der Waals surface area contributed by atoms with Crippen molar-refractivity contribution in [3.63, 3.8) is 0 Å². The quantitative estimate of drug-likeness (QED) is 0.698. The van der Waals surface area contributed by atoms with E-state index in [1.165, 1.54) is 56.2 Å². The SMILES string of the molecule is c1ccc2c(c1)c1c3n2CC[C@H]2CCCN(CC1)[C@@H]32. The van der Waals surface area contributed by atoms with Crippen LogP contribution in [0.3, 0.4) is 0 Å². The van der Waals surface area contributed by atoms with E-state index in [0.717, 1.165) is 12.0 Å². The van der Waals surface area contributed by atoms with E-state index in [2.05, 4.69) is 33.7 Å². The van der Waals surface area contributed by atoms with Crippen LogP contribution in [0.25, 0.3) is 10.9 Å². The standard InChI is InChI=1S/C17H20N2/c1-2-6-15-13(5-1)14-8-10-18-9-3-4-12-7-11-19(15)17(14)16(12)18/h1-2,5-6,12,16H,3-4,7-11H2/t12-,16-/m1/s1. The maximum absolute atomic E-state index is 2.77. The molecule has 0 aliphatic carbocycles. The lowest BCUT2D eigenvalue weighted by atomic mass is 9.79. The van der Waals surface area contributed by atoms with E-state index in [0.29, 0.717) is 0 Å². The van der Waals surface area contributed by atoms with Gasteiger partial charge in [-0.1, -0.05) is 18.2 Å². The van der Waals surface area contributed by atoms with Crippen LogP contribution in [-0.4, -0.2) is 22.6 Å². The summed E-state index contributed by atoms with van der Waals surface area (Å²) in [5.41, 5.74) is 4.84. The Morgan fingerprint density at radius 1 is 1.00 bits per heavy atom. The summed E-state index contributed by atoms with van der Waals surface area (Å²) in [4.78, 5) is 2.77. The number of benzene rings is 1. The predicted molar refractivity (Wildman–Crippen MR) is 77.3 cm³/mol. The molecule has 1 fully saturated rings. The van der Waals surface area contributed by atoms with Gasteiger partial charge in [0.15, 0.2) is 0 Å². The molecule has 2 atom stereocenters. The lowest BCUT2D eigenvalue weighted by Crippen LogP contribution is -2.46. The van der Waals surface area contributed by atoms with Crippen LogP contribution in [-0.2, 0) is 13.0 Å². The number of fused-ring (bicyclic) bond motifs is 3. The minimum absolute atomic E-state index is 0.735. The Hall–Kier alpha value is -1.28. The van der Waals surface area contributed by atoms with E-state index in [9.17, 15) is 0 Å². The van der Waals surface area contributed by atoms with Gasteiger partial charge in [0.2, 0.25) is 0 Å². The molecule has 1 aromatic carbocycles. The van der Waals surface area contributed by atoms with Crippen molar-refractivity contribution in [3.05, 3.63) is 35.5 Å². The van der Waals surface area contributed by atoms with Crippen LogP contribution in [0.2, 0.25) is 0 Å². The molecule has 3 aliphatic heterocycles. The fourth-order valence-corrected chi connectivity index (χ4v) is 4.89. The van der Waals surface area contributed by atoms with E-state index in [1.807, 2.05) is 0 Å². The number of piperidine rings is 1. The highest BCUT2D eigenvalue weighted by Gasteiger charge is 2.41. The first-order valence-electron chi connectivity index (χ1n) is 7.77. The summed E-state index contributed by atoms with van der Waals surface area (Å²) in [5.74, 6) is 0.921. The van der Waals surface area contributed by atoms with Gasteiger partial charge in [0.25, 0.3) is 0 Å². The van der Waals surface area contributed by atoms with Crippen molar-refractivity contribution in [2.45, 2.75) is 38.3 Å². The molecule has 2 heteroatoms. The number of rotatable bonds is 0. The Kier molecular flexibility index (Phi) is 2.01. The molecule has 5 rings (SSSR count).